The van der Waals surface area contributed by atoms with E-state index in [0.717, 1.165) is 20.9 Å². The molecule has 11 heteroatoms. The van der Waals surface area contributed by atoms with Crippen molar-refractivity contribution in [3.05, 3.63) is 56.5 Å². The van der Waals surface area contributed by atoms with Crippen LogP contribution in [0.5, 0.6) is 0 Å². The summed E-state index contributed by atoms with van der Waals surface area (Å²) in [6.07, 6.45) is 0. The third-order valence-corrected chi connectivity index (χ3v) is 5.69. The maximum atomic E-state index is 14.1. The Bertz CT molecular complexity index is 1230. The largest absolute Gasteiger partial charge is 0.384 e. The number of carbonyl (C=O) groups is 1. The molecule has 3 aromatic rings. The second-order valence-corrected chi connectivity index (χ2v) is 7.74. The molecule has 0 spiro atoms. The lowest BCUT2D eigenvalue weighted by Crippen LogP contribution is -2.42. The van der Waals surface area contributed by atoms with Gasteiger partial charge >= 0.3 is 5.69 Å². The zero-order valence-electron chi connectivity index (χ0n) is 16.2. The van der Waals surface area contributed by atoms with Gasteiger partial charge in [0.2, 0.25) is 0 Å². The monoisotopic (exact) mass is 418 g/mol. The minimum absolute atomic E-state index is 0.194. The van der Waals surface area contributed by atoms with Crippen LogP contribution in [-0.2, 0) is 21.1 Å². The lowest BCUT2D eigenvalue weighted by Gasteiger charge is -2.14. The molecular weight excluding hydrogens is 399 g/mol. The molecule has 29 heavy (non-hydrogen) atoms. The summed E-state index contributed by atoms with van der Waals surface area (Å²) in [5.74, 6) is -0.868. The number of nitrogens with zero attached hydrogens (tertiary/aromatic N) is 5. The van der Waals surface area contributed by atoms with Gasteiger partial charge in [0.15, 0.2) is 16.8 Å². The molecule has 1 aromatic carbocycles. The van der Waals surface area contributed by atoms with Gasteiger partial charge in [-0.15, -0.1) is 10.2 Å². The van der Waals surface area contributed by atoms with E-state index in [-0.39, 0.29) is 16.9 Å². The number of carbonyl (C=O) groups excluding carboxylic acids is 1. The molecule has 2 aromatic heterocycles. The van der Waals surface area contributed by atoms with Gasteiger partial charge in [0.05, 0.1) is 10.8 Å². The van der Waals surface area contributed by atoms with Gasteiger partial charge in [0.1, 0.15) is 17.2 Å². The number of hydrogen-bond donors (Lipinski definition) is 1. The molecule has 0 radical (unpaired) electrons. The maximum Gasteiger partial charge on any atom is 0.332 e. The highest BCUT2D eigenvalue weighted by Crippen LogP contribution is 2.28. The normalized spacial score (nSPS) is 12.2. The van der Waals surface area contributed by atoms with Crippen LogP contribution >= 0.6 is 11.8 Å². The predicted molar refractivity (Wildman–Crippen MR) is 107 cm³/mol. The van der Waals surface area contributed by atoms with Crippen molar-refractivity contribution >= 4 is 23.4 Å². The highest BCUT2D eigenvalue weighted by atomic mass is 32.2. The van der Waals surface area contributed by atoms with Gasteiger partial charge in [-0.25, -0.2) is 9.18 Å². The van der Waals surface area contributed by atoms with E-state index in [1.54, 1.807) is 36.7 Å². The fourth-order valence-electron chi connectivity index (χ4n) is 2.80. The molecule has 1 unspecified atom stereocenters. The molecule has 0 bridgehead atoms. The molecule has 0 amide bonds. The van der Waals surface area contributed by atoms with Gasteiger partial charge in [-0.05, 0) is 19.1 Å². The van der Waals surface area contributed by atoms with Crippen LogP contribution in [0.2, 0.25) is 0 Å². The summed E-state index contributed by atoms with van der Waals surface area (Å²) < 4.78 is 17.5. The number of anilines is 1. The maximum absolute atomic E-state index is 14.1. The summed E-state index contributed by atoms with van der Waals surface area (Å²) >= 11 is 1.05. The van der Waals surface area contributed by atoms with Crippen LogP contribution in [0.25, 0.3) is 11.4 Å². The second-order valence-electron chi connectivity index (χ2n) is 6.44. The van der Waals surface area contributed by atoms with Crippen molar-refractivity contribution in [3.8, 4) is 11.4 Å². The van der Waals surface area contributed by atoms with Crippen LogP contribution in [0.1, 0.15) is 17.3 Å². The van der Waals surface area contributed by atoms with Crippen LogP contribution in [-0.4, -0.2) is 34.9 Å². The number of benzene rings is 1. The van der Waals surface area contributed by atoms with Crippen LogP contribution in [0.15, 0.2) is 39.0 Å². The molecule has 9 nitrogen and oxygen atoms in total. The molecule has 0 aliphatic heterocycles. The number of aromatic nitrogens is 5. The minimum Gasteiger partial charge on any atom is -0.384 e. The average Bonchev–Trinajstić information content (AvgIpc) is 3.05. The van der Waals surface area contributed by atoms with Crippen LogP contribution in [0, 0.1) is 5.82 Å². The molecule has 0 aliphatic carbocycles. The molecule has 2 heterocycles. The van der Waals surface area contributed by atoms with E-state index in [2.05, 4.69) is 10.2 Å². The Morgan fingerprint density at radius 1 is 1.10 bits per heavy atom. The molecule has 0 fully saturated rings. The fourth-order valence-corrected chi connectivity index (χ4v) is 3.67. The van der Waals surface area contributed by atoms with Gasteiger partial charge in [0, 0.05) is 21.1 Å². The van der Waals surface area contributed by atoms with Crippen molar-refractivity contribution < 1.29 is 9.18 Å². The lowest BCUT2D eigenvalue weighted by atomic mass is 10.1. The number of nitrogens with two attached hydrogens (primary N) is 1. The molecule has 2 N–H and O–H groups in total. The molecule has 0 saturated carbocycles. The summed E-state index contributed by atoms with van der Waals surface area (Å²) in [6, 6.07) is 6.16. The zero-order chi connectivity index (χ0) is 21.5. The third kappa shape index (κ3) is 3.48. The Balaban J connectivity index is 1.94. The van der Waals surface area contributed by atoms with Gasteiger partial charge < -0.3 is 10.3 Å². The molecule has 3 rings (SSSR count). The zero-order valence-corrected chi connectivity index (χ0v) is 17.0. The summed E-state index contributed by atoms with van der Waals surface area (Å²) in [5.41, 5.74) is 4.51. The smallest absolute Gasteiger partial charge is 0.332 e. The van der Waals surface area contributed by atoms with E-state index in [9.17, 15) is 18.8 Å². The SMILES string of the molecule is CC(Sc1nnc(-c2ccccc2F)n1C)C(=O)c1c(N)n(C)c(=O)n(C)c1=O. The first-order chi connectivity index (χ1) is 13.6. The first kappa shape index (κ1) is 20.5. The Morgan fingerprint density at radius 2 is 1.76 bits per heavy atom. The predicted octanol–water partition coefficient (Wildman–Crippen LogP) is 0.964. The Labute approximate surface area is 169 Å². The Hall–Kier alpha value is -3.21. The van der Waals surface area contributed by atoms with Gasteiger partial charge in [-0.3, -0.25) is 18.7 Å². The van der Waals surface area contributed by atoms with Crippen molar-refractivity contribution in [2.24, 2.45) is 21.1 Å². The van der Waals surface area contributed by atoms with E-state index in [1.807, 2.05) is 0 Å². The fraction of sp³-hybridized carbons (Fsp3) is 0.278. The number of ketones is 1. The highest BCUT2D eigenvalue weighted by Gasteiger charge is 2.27. The van der Waals surface area contributed by atoms with Gasteiger partial charge in [0.25, 0.3) is 5.56 Å². The third-order valence-electron chi connectivity index (χ3n) is 4.56. The quantitative estimate of drug-likeness (QED) is 0.484. The van der Waals surface area contributed by atoms with Gasteiger partial charge in [-0.1, -0.05) is 23.9 Å². The number of thioether (sulfide) groups is 1. The van der Waals surface area contributed by atoms with E-state index < -0.39 is 28.1 Å². The van der Waals surface area contributed by atoms with Gasteiger partial charge in [-0.2, -0.15) is 0 Å². The molecule has 152 valence electrons. The Morgan fingerprint density at radius 3 is 2.41 bits per heavy atom. The van der Waals surface area contributed by atoms with Crippen LogP contribution in [0.3, 0.4) is 0 Å². The van der Waals surface area contributed by atoms with E-state index in [4.69, 9.17) is 5.73 Å². The standard InChI is InChI=1S/C18H19FN6O3S/c1-9(13(26)12-14(20)23(2)18(28)25(4)16(12)27)29-17-22-21-15(24(17)3)10-7-5-6-8-11(10)19/h5-9H,20H2,1-4H3. The minimum atomic E-state index is -0.756. The number of halogens is 1. The summed E-state index contributed by atoms with van der Waals surface area (Å²) in [5, 5.41) is 7.66. The Kier molecular flexibility index (Phi) is 5.42. The number of nitrogen functional groups attached to an aromatic ring is 1. The summed E-state index contributed by atoms with van der Waals surface area (Å²) in [7, 11) is 4.32. The lowest BCUT2D eigenvalue weighted by molar-refractivity contribution is 0.0992. The van der Waals surface area contributed by atoms with E-state index in [0.29, 0.717) is 11.0 Å². The van der Waals surface area contributed by atoms with Crippen molar-refractivity contribution in [2.75, 3.05) is 5.73 Å². The molecule has 0 saturated heterocycles. The van der Waals surface area contributed by atoms with Crippen molar-refractivity contribution in [2.45, 2.75) is 17.3 Å². The van der Waals surface area contributed by atoms with Crippen molar-refractivity contribution in [3.63, 3.8) is 0 Å². The number of rotatable bonds is 5. The second kappa shape index (κ2) is 7.66. The average molecular weight is 418 g/mol. The van der Waals surface area contributed by atoms with Crippen LogP contribution in [0.4, 0.5) is 10.2 Å². The number of hydrogen-bond acceptors (Lipinski definition) is 7. The van der Waals surface area contributed by atoms with Crippen molar-refractivity contribution in [1.82, 2.24) is 23.9 Å². The molecule has 1 atom stereocenters. The summed E-state index contributed by atoms with van der Waals surface area (Å²) in [4.78, 5) is 37.3. The first-order valence-electron chi connectivity index (χ1n) is 8.55. The van der Waals surface area contributed by atoms with Crippen molar-refractivity contribution in [1.29, 1.82) is 0 Å². The topological polar surface area (TPSA) is 118 Å². The van der Waals surface area contributed by atoms with E-state index >= 15 is 0 Å². The highest BCUT2D eigenvalue weighted by molar-refractivity contribution is 8.00. The number of Topliss-reactive ketones (excluding diaryl/α,β-unsaturated/α-hetero) is 1. The van der Waals surface area contributed by atoms with E-state index in [1.165, 1.54) is 20.2 Å². The molecule has 0 aliphatic rings. The first-order valence-corrected chi connectivity index (χ1v) is 9.43. The summed E-state index contributed by atoms with van der Waals surface area (Å²) in [6.45, 7) is 1.59. The molecular formula is C18H19FN6O3S. The van der Waals surface area contributed by atoms with Crippen LogP contribution < -0.4 is 17.0 Å².